The van der Waals surface area contributed by atoms with E-state index < -0.39 is 17.6 Å². The molecular formula is C23H22F4N4O2. The molecule has 0 N–H and O–H groups in total. The summed E-state index contributed by atoms with van der Waals surface area (Å²) in [6.45, 7) is 4.91. The molecule has 1 fully saturated rings. The summed E-state index contributed by atoms with van der Waals surface area (Å²) in [5.41, 5.74) is -0.268. The van der Waals surface area contributed by atoms with Crippen LogP contribution in [0.2, 0.25) is 0 Å². The van der Waals surface area contributed by atoms with Gasteiger partial charge in [-0.15, -0.1) is 0 Å². The van der Waals surface area contributed by atoms with Gasteiger partial charge in [0.05, 0.1) is 17.2 Å². The van der Waals surface area contributed by atoms with Crippen LogP contribution >= 0.6 is 0 Å². The highest BCUT2D eigenvalue weighted by atomic mass is 19.4. The van der Waals surface area contributed by atoms with Crippen LogP contribution in [0, 0.1) is 12.7 Å². The molecule has 0 radical (unpaired) electrons. The lowest BCUT2D eigenvalue weighted by Gasteiger charge is -2.37. The molecular weight excluding hydrogens is 440 g/mol. The predicted octanol–water partition coefficient (Wildman–Crippen LogP) is 4.72. The number of rotatable bonds is 4. The van der Waals surface area contributed by atoms with Crippen molar-refractivity contribution in [3.05, 3.63) is 70.9 Å². The average Bonchev–Trinajstić information content (AvgIpc) is 3.30. The largest absolute Gasteiger partial charge is 0.417 e. The summed E-state index contributed by atoms with van der Waals surface area (Å²) >= 11 is 0. The van der Waals surface area contributed by atoms with Gasteiger partial charge in [-0.05, 0) is 37.6 Å². The van der Waals surface area contributed by atoms with Gasteiger partial charge in [-0.25, -0.2) is 4.39 Å². The zero-order chi connectivity index (χ0) is 23.8. The molecule has 2 heterocycles. The number of hydrogen-bond acceptors (Lipinski definition) is 5. The Kier molecular flexibility index (Phi) is 6.20. The maximum absolute atomic E-state index is 13.8. The van der Waals surface area contributed by atoms with Crippen molar-refractivity contribution >= 4 is 5.91 Å². The van der Waals surface area contributed by atoms with E-state index >= 15 is 0 Å². The Hall–Kier alpha value is -3.27. The van der Waals surface area contributed by atoms with Gasteiger partial charge in [-0.2, -0.15) is 18.2 Å². The molecule has 1 atom stereocenters. The van der Waals surface area contributed by atoms with Crippen LogP contribution in [0.1, 0.15) is 40.3 Å². The van der Waals surface area contributed by atoms with E-state index in [2.05, 4.69) is 10.1 Å². The fraction of sp³-hybridized carbons (Fsp3) is 0.348. The molecule has 0 saturated carbocycles. The minimum Gasteiger partial charge on any atom is -0.337 e. The van der Waals surface area contributed by atoms with Crippen LogP contribution in [0.5, 0.6) is 0 Å². The normalized spacial score (nSPS) is 16.1. The van der Waals surface area contributed by atoms with Crippen LogP contribution < -0.4 is 0 Å². The fourth-order valence-electron chi connectivity index (χ4n) is 3.81. The highest BCUT2D eigenvalue weighted by Crippen LogP contribution is 2.33. The van der Waals surface area contributed by atoms with E-state index in [0.29, 0.717) is 30.1 Å². The molecule has 3 aromatic rings. The van der Waals surface area contributed by atoms with Gasteiger partial charge >= 0.3 is 6.18 Å². The number of piperazine rings is 1. The molecule has 1 amide bonds. The topological polar surface area (TPSA) is 62.5 Å². The third-order valence-corrected chi connectivity index (χ3v) is 5.84. The number of benzene rings is 2. The molecule has 1 aliphatic heterocycles. The monoisotopic (exact) mass is 462 g/mol. The van der Waals surface area contributed by atoms with Crippen LogP contribution in [0.4, 0.5) is 17.6 Å². The van der Waals surface area contributed by atoms with Crippen LogP contribution in [0.3, 0.4) is 0 Å². The number of nitrogens with zero attached hydrogens (tertiary/aromatic N) is 4. The summed E-state index contributed by atoms with van der Waals surface area (Å²) in [7, 11) is 0. The van der Waals surface area contributed by atoms with Crippen LogP contribution in [-0.2, 0) is 6.18 Å². The van der Waals surface area contributed by atoms with Gasteiger partial charge in [0, 0.05) is 31.7 Å². The summed E-state index contributed by atoms with van der Waals surface area (Å²) in [6, 6.07) is 9.22. The molecule has 0 spiro atoms. The SMILES string of the molecule is Cc1ccc(-c2noc(C(C)N3CCN(C(=O)c4ccccc4C(F)(F)F)CC3)n2)cc1F. The molecule has 33 heavy (non-hydrogen) atoms. The van der Waals surface area contributed by atoms with Crippen molar-refractivity contribution in [3.63, 3.8) is 0 Å². The molecule has 1 aliphatic rings. The summed E-state index contributed by atoms with van der Waals surface area (Å²) in [4.78, 5) is 20.6. The summed E-state index contributed by atoms with van der Waals surface area (Å²) in [5.74, 6) is -0.391. The lowest BCUT2D eigenvalue weighted by atomic mass is 10.1. The van der Waals surface area contributed by atoms with E-state index in [-0.39, 0.29) is 36.3 Å². The number of halogens is 4. The van der Waals surface area contributed by atoms with Crippen LogP contribution in [-0.4, -0.2) is 52.0 Å². The fourth-order valence-corrected chi connectivity index (χ4v) is 3.81. The van der Waals surface area contributed by atoms with Crippen LogP contribution in [0.25, 0.3) is 11.4 Å². The molecule has 4 rings (SSSR count). The first-order valence-electron chi connectivity index (χ1n) is 10.4. The van der Waals surface area contributed by atoms with Crippen molar-refractivity contribution in [2.24, 2.45) is 0 Å². The second kappa shape index (κ2) is 8.93. The van der Waals surface area contributed by atoms with Gasteiger partial charge in [0.1, 0.15) is 5.82 Å². The summed E-state index contributed by atoms with van der Waals surface area (Å²) in [5, 5.41) is 3.94. The smallest absolute Gasteiger partial charge is 0.337 e. The maximum atomic E-state index is 13.8. The standard InChI is InChI=1S/C23H22F4N4O2/c1-14-7-8-16(13-19(14)24)20-28-21(33-29-20)15(2)30-9-11-31(12-10-30)22(32)17-5-3-4-6-18(17)23(25,26)27/h3-8,13,15H,9-12H2,1-2H3. The van der Waals surface area contributed by atoms with Crippen molar-refractivity contribution in [2.75, 3.05) is 26.2 Å². The molecule has 10 heteroatoms. The molecule has 1 aromatic heterocycles. The van der Waals surface area contributed by atoms with Crippen molar-refractivity contribution in [1.29, 1.82) is 0 Å². The minimum atomic E-state index is -4.60. The third kappa shape index (κ3) is 4.75. The molecule has 1 unspecified atom stereocenters. The quantitative estimate of drug-likeness (QED) is 0.525. The van der Waals surface area contributed by atoms with Gasteiger partial charge in [0.2, 0.25) is 11.7 Å². The van der Waals surface area contributed by atoms with Crippen molar-refractivity contribution < 1.29 is 26.9 Å². The third-order valence-electron chi connectivity index (χ3n) is 5.84. The Morgan fingerprint density at radius 3 is 2.45 bits per heavy atom. The average molecular weight is 462 g/mol. The number of hydrogen-bond donors (Lipinski definition) is 0. The van der Waals surface area contributed by atoms with Gasteiger partial charge in [-0.3, -0.25) is 9.69 Å². The maximum Gasteiger partial charge on any atom is 0.417 e. The Morgan fingerprint density at radius 2 is 1.79 bits per heavy atom. The van der Waals surface area contributed by atoms with Crippen molar-refractivity contribution in [1.82, 2.24) is 19.9 Å². The van der Waals surface area contributed by atoms with Crippen molar-refractivity contribution in [2.45, 2.75) is 26.1 Å². The van der Waals surface area contributed by atoms with Gasteiger partial charge in [-0.1, -0.05) is 29.4 Å². The summed E-state index contributed by atoms with van der Waals surface area (Å²) in [6.07, 6.45) is -4.60. The first kappa shape index (κ1) is 22.9. The number of carbonyl (C=O) groups is 1. The van der Waals surface area contributed by atoms with Crippen LogP contribution in [0.15, 0.2) is 47.0 Å². The number of alkyl halides is 3. The molecule has 1 saturated heterocycles. The Labute approximate surface area is 187 Å². The van der Waals surface area contributed by atoms with Gasteiger partial charge < -0.3 is 9.42 Å². The number of carbonyl (C=O) groups excluding carboxylic acids is 1. The van der Waals surface area contributed by atoms with E-state index in [4.69, 9.17) is 4.52 Å². The minimum absolute atomic E-state index is 0.263. The Bertz CT molecular complexity index is 1150. The van der Waals surface area contributed by atoms with E-state index in [1.165, 1.54) is 29.2 Å². The molecule has 0 aliphatic carbocycles. The van der Waals surface area contributed by atoms with Gasteiger partial charge in [0.25, 0.3) is 5.91 Å². The second-order valence-corrected chi connectivity index (χ2v) is 7.97. The molecule has 2 aromatic carbocycles. The number of aryl methyl sites for hydroxylation is 1. The number of amides is 1. The van der Waals surface area contributed by atoms with E-state index in [9.17, 15) is 22.4 Å². The van der Waals surface area contributed by atoms with Crippen molar-refractivity contribution in [3.8, 4) is 11.4 Å². The first-order valence-corrected chi connectivity index (χ1v) is 10.4. The molecule has 6 nitrogen and oxygen atoms in total. The molecule has 174 valence electrons. The van der Waals surface area contributed by atoms with E-state index in [0.717, 1.165) is 6.07 Å². The Balaban J connectivity index is 1.42. The highest BCUT2D eigenvalue weighted by Gasteiger charge is 2.37. The molecule has 0 bridgehead atoms. The van der Waals surface area contributed by atoms with E-state index in [1.807, 2.05) is 11.8 Å². The highest BCUT2D eigenvalue weighted by molar-refractivity contribution is 5.96. The zero-order valence-corrected chi connectivity index (χ0v) is 18.1. The number of aromatic nitrogens is 2. The van der Waals surface area contributed by atoms with E-state index in [1.54, 1.807) is 19.1 Å². The van der Waals surface area contributed by atoms with Gasteiger partial charge in [0.15, 0.2) is 0 Å². The lowest BCUT2D eigenvalue weighted by molar-refractivity contribution is -0.138. The second-order valence-electron chi connectivity index (χ2n) is 7.97. The Morgan fingerprint density at radius 1 is 1.09 bits per heavy atom. The first-order chi connectivity index (χ1) is 15.6. The summed E-state index contributed by atoms with van der Waals surface area (Å²) < 4.78 is 59.0. The zero-order valence-electron chi connectivity index (χ0n) is 18.1. The lowest BCUT2D eigenvalue weighted by Crippen LogP contribution is -2.49. The predicted molar refractivity (Wildman–Crippen MR) is 112 cm³/mol.